The number of ketones is 1. The molecule has 2 fully saturated rings. The largest absolute Gasteiger partial charge is 0.448 e. The zero-order valence-electron chi connectivity index (χ0n) is 17.6. The van der Waals surface area contributed by atoms with Gasteiger partial charge in [0.05, 0.1) is 17.9 Å². The Morgan fingerprint density at radius 3 is 2.41 bits per heavy atom. The molecular weight excluding hydrogens is 390 g/mol. The lowest BCUT2D eigenvalue weighted by atomic mass is 9.82. The standard InChI is InChI=1S/C23H32ClNO4/c1-14-10-15(2)20(16(3)11-14)21-19(26)13-18(22(21)27)12-17-4-7-25(8-5-17)23(28)29-9-6-24/h10-11,17-18,21-22,27H,4-9,12-13H2,1-3H3. The fourth-order valence-electron chi connectivity index (χ4n) is 5.20. The van der Waals surface area contributed by atoms with Gasteiger partial charge >= 0.3 is 6.09 Å². The van der Waals surface area contributed by atoms with Crippen LogP contribution in [0.4, 0.5) is 4.79 Å². The molecule has 1 heterocycles. The molecule has 3 atom stereocenters. The molecule has 1 N–H and O–H groups in total. The Bertz CT molecular complexity index is 734. The van der Waals surface area contributed by atoms with Gasteiger partial charge in [0.1, 0.15) is 12.4 Å². The van der Waals surface area contributed by atoms with Crippen LogP contribution < -0.4 is 0 Å². The summed E-state index contributed by atoms with van der Waals surface area (Å²) in [5, 5.41) is 11.0. The molecule has 3 rings (SSSR count). The Hall–Kier alpha value is -1.59. The van der Waals surface area contributed by atoms with Crippen LogP contribution in [-0.4, -0.2) is 53.6 Å². The number of aryl methyl sites for hydroxylation is 3. The van der Waals surface area contributed by atoms with Crippen molar-refractivity contribution in [1.29, 1.82) is 0 Å². The highest BCUT2D eigenvalue weighted by Crippen LogP contribution is 2.42. The van der Waals surface area contributed by atoms with Crippen molar-refractivity contribution in [3.8, 4) is 0 Å². The molecule has 6 heteroatoms. The molecule has 0 spiro atoms. The quantitative estimate of drug-likeness (QED) is 0.726. The Balaban J connectivity index is 1.60. The summed E-state index contributed by atoms with van der Waals surface area (Å²) >= 11 is 5.56. The van der Waals surface area contributed by atoms with Gasteiger partial charge in [-0.3, -0.25) is 4.79 Å². The van der Waals surface area contributed by atoms with Crippen molar-refractivity contribution in [2.24, 2.45) is 11.8 Å². The number of Topliss-reactive ketones (excluding diaryl/α,β-unsaturated/α-hetero) is 1. The molecule has 1 aromatic rings. The van der Waals surface area contributed by atoms with Crippen molar-refractivity contribution in [2.45, 2.75) is 58.5 Å². The van der Waals surface area contributed by atoms with Crippen LogP contribution >= 0.6 is 11.6 Å². The Labute approximate surface area is 178 Å². The van der Waals surface area contributed by atoms with Crippen LogP contribution in [0.2, 0.25) is 0 Å². The minimum atomic E-state index is -0.630. The molecule has 0 radical (unpaired) electrons. The average Bonchev–Trinajstić information content (AvgIpc) is 2.93. The molecule has 3 unspecified atom stereocenters. The second kappa shape index (κ2) is 9.48. The third kappa shape index (κ3) is 4.95. The molecule has 29 heavy (non-hydrogen) atoms. The number of likely N-dealkylation sites (tertiary alicyclic amines) is 1. The van der Waals surface area contributed by atoms with Crippen molar-refractivity contribution in [1.82, 2.24) is 4.90 Å². The summed E-state index contributed by atoms with van der Waals surface area (Å²) < 4.78 is 5.09. The van der Waals surface area contributed by atoms with Crippen LogP contribution in [-0.2, 0) is 9.53 Å². The summed E-state index contributed by atoms with van der Waals surface area (Å²) in [5.41, 5.74) is 4.36. The maximum atomic E-state index is 12.8. The Morgan fingerprint density at radius 2 is 1.83 bits per heavy atom. The van der Waals surface area contributed by atoms with E-state index in [0.29, 0.717) is 31.3 Å². The van der Waals surface area contributed by atoms with Gasteiger partial charge in [0.2, 0.25) is 0 Å². The first-order chi connectivity index (χ1) is 13.8. The second-order valence-electron chi connectivity index (χ2n) is 8.68. The topological polar surface area (TPSA) is 66.8 Å². The van der Waals surface area contributed by atoms with Crippen LogP contribution in [0.15, 0.2) is 12.1 Å². The number of carbonyl (C=O) groups is 2. The highest BCUT2D eigenvalue weighted by molar-refractivity contribution is 6.18. The van der Waals surface area contributed by atoms with Gasteiger partial charge in [-0.2, -0.15) is 0 Å². The first kappa shape index (κ1) is 22.1. The summed E-state index contributed by atoms with van der Waals surface area (Å²) in [6, 6.07) is 4.18. The highest BCUT2D eigenvalue weighted by Gasteiger charge is 2.44. The lowest BCUT2D eigenvalue weighted by molar-refractivity contribution is -0.119. The summed E-state index contributed by atoms with van der Waals surface area (Å²) in [7, 11) is 0. The number of piperidine rings is 1. The van der Waals surface area contributed by atoms with Crippen LogP contribution in [0.3, 0.4) is 0 Å². The molecule has 0 bridgehead atoms. The van der Waals surface area contributed by atoms with E-state index in [1.807, 2.05) is 13.8 Å². The smallest absolute Gasteiger partial charge is 0.409 e. The minimum Gasteiger partial charge on any atom is -0.448 e. The third-order valence-electron chi connectivity index (χ3n) is 6.50. The number of nitrogens with zero attached hydrogens (tertiary/aromatic N) is 1. The van der Waals surface area contributed by atoms with Gasteiger partial charge in [0, 0.05) is 19.5 Å². The van der Waals surface area contributed by atoms with Crippen molar-refractivity contribution in [2.75, 3.05) is 25.6 Å². The normalized spacial score (nSPS) is 25.5. The van der Waals surface area contributed by atoms with Crippen LogP contribution in [0.1, 0.15) is 53.9 Å². The van der Waals surface area contributed by atoms with Gasteiger partial charge < -0.3 is 14.7 Å². The summed E-state index contributed by atoms with van der Waals surface area (Å²) in [4.78, 5) is 26.5. The van der Waals surface area contributed by atoms with E-state index in [4.69, 9.17) is 16.3 Å². The molecule has 1 aromatic carbocycles. The lowest BCUT2D eigenvalue weighted by Gasteiger charge is -2.33. The Morgan fingerprint density at radius 1 is 1.21 bits per heavy atom. The molecule has 1 saturated carbocycles. The summed E-state index contributed by atoms with van der Waals surface area (Å²) in [6.45, 7) is 7.65. The number of aliphatic hydroxyl groups excluding tert-OH is 1. The zero-order chi connectivity index (χ0) is 21.1. The molecule has 1 aliphatic heterocycles. The number of alkyl halides is 1. The van der Waals surface area contributed by atoms with Gasteiger partial charge in [0.25, 0.3) is 0 Å². The van der Waals surface area contributed by atoms with Gasteiger partial charge in [-0.1, -0.05) is 17.7 Å². The van der Waals surface area contributed by atoms with Gasteiger partial charge in [-0.05, 0) is 68.6 Å². The third-order valence-corrected chi connectivity index (χ3v) is 6.65. The van der Waals surface area contributed by atoms with Crippen molar-refractivity contribution < 1.29 is 19.4 Å². The maximum absolute atomic E-state index is 12.8. The van der Waals surface area contributed by atoms with Crippen LogP contribution in [0.5, 0.6) is 0 Å². The monoisotopic (exact) mass is 421 g/mol. The van der Waals surface area contributed by atoms with Crippen molar-refractivity contribution in [3.63, 3.8) is 0 Å². The van der Waals surface area contributed by atoms with E-state index in [2.05, 4.69) is 19.1 Å². The Kier molecular flexibility index (Phi) is 7.23. The van der Waals surface area contributed by atoms with Gasteiger partial charge in [0.15, 0.2) is 0 Å². The fraction of sp³-hybridized carbons (Fsp3) is 0.652. The van der Waals surface area contributed by atoms with Gasteiger partial charge in [-0.15, -0.1) is 11.6 Å². The predicted molar refractivity (Wildman–Crippen MR) is 113 cm³/mol. The second-order valence-corrected chi connectivity index (χ2v) is 9.06. The number of hydrogen-bond acceptors (Lipinski definition) is 4. The lowest BCUT2D eigenvalue weighted by Crippen LogP contribution is -2.39. The number of amides is 1. The van der Waals surface area contributed by atoms with Gasteiger partial charge in [-0.25, -0.2) is 4.79 Å². The number of rotatable bonds is 5. The number of carbonyl (C=O) groups excluding carboxylic acids is 2. The van der Waals surface area contributed by atoms with E-state index in [1.165, 1.54) is 5.56 Å². The predicted octanol–water partition coefficient (Wildman–Crippen LogP) is 4.12. The van der Waals surface area contributed by atoms with E-state index in [9.17, 15) is 14.7 Å². The summed E-state index contributed by atoms with van der Waals surface area (Å²) in [5.74, 6) is 0.452. The van der Waals surface area contributed by atoms with Crippen LogP contribution in [0.25, 0.3) is 0 Å². The maximum Gasteiger partial charge on any atom is 0.409 e. The van der Waals surface area contributed by atoms with Crippen molar-refractivity contribution >= 4 is 23.5 Å². The highest BCUT2D eigenvalue weighted by atomic mass is 35.5. The van der Waals surface area contributed by atoms with E-state index in [1.54, 1.807) is 4.90 Å². The van der Waals surface area contributed by atoms with E-state index in [-0.39, 0.29) is 24.4 Å². The van der Waals surface area contributed by atoms with E-state index >= 15 is 0 Å². The zero-order valence-corrected chi connectivity index (χ0v) is 18.4. The average molecular weight is 422 g/mol. The van der Waals surface area contributed by atoms with E-state index in [0.717, 1.165) is 36.0 Å². The minimum absolute atomic E-state index is 0.00708. The number of ether oxygens (including phenoxy) is 1. The summed E-state index contributed by atoms with van der Waals surface area (Å²) in [6.07, 6.45) is 2.09. The molecule has 1 aliphatic carbocycles. The number of benzene rings is 1. The molecule has 0 aromatic heterocycles. The molecule has 160 valence electrons. The fourth-order valence-corrected chi connectivity index (χ4v) is 5.28. The van der Waals surface area contributed by atoms with Crippen LogP contribution in [0, 0.1) is 32.6 Å². The number of hydrogen-bond donors (Lipinski definition) is 1. The molecule has 2 aliphatic rings. The SMILES string of the molecule is Cc1cc(C)c(C2C(=O)CC(CC3CCN(C(=O)OCCCl)CC3)C2O)c(C)c1. The van der Waals surface area contributed by atoms with Crippen molar-refractivity contribution in [3.05, 3.63) is 34.4 Å². The van der Waals surface area contributed by atoms with E-state index < -0.39 is 12.0 Å². The molecule has 5 nitrogen and oxygen atoms in total. The first-order valence-electron chi connectivity index (χ1n) is 10.6. The first-order valence-corrected chi connectivity index (χ1v) is 11.1. The molecular formula is C23H32ClNO4. The number of halogens is 1. The number of aliphatic hydroxyl groups is 1. The molecule has 1 saturated heterocycles. The molecule has 1 amide bonds.